The van der Waals surface area contributed by atoms with Crippen molar-refractivity contribution in [1.29, 1.82) is 0 Å². The maximum atomic E-state index is 12.7. The Morgan fingerprint density at radius 1 is 1.00 bits per heavy atom. The molecule has 112 valence electrons. The number of hydrogen-bond donors (Lipinski definition) is 0. The number of nitrogens with zero attached hydrogens (tertiary/aromatic N) is 3. The lowest BCUT2D eigenvalue weighted by Gasteiger charge is -2.13. The molecule has 11 heteroatoms. The number of halogens is 6. The molecule has 2 aromatic heterocycles. The van der Waals surface area contributed by atoms with Crippen LogP contribution in [0.15, 0.2) is 18.5 Å². The first-order valence-electron chi connectivity index (χ1n) is 5.09. The van der Waals surface area contributed by atoms with Crippen molar-refractivity contribution < 1.29 is 31.3 Å². The number of rotatable bonds is 1. The van der Waals surface area contributed by atoms with E-state index in [9.17, 15) is 36.5 Å². The van der Waals surface area contributed by atoms with Gasteiger partial charge in [0.25, 0.3) is 5.69 Å². The van der Waals surface area contributed by atoms with Gasteiger partial charge in [-0.2, -0.15) is 26.3 Å². The molecule has 0 saturated heterocycles. The van der Waals surface area contributed by atoms with E-state index in [2.05, 4.69) is 9.97 Å². The number of nitro groups is 1. The first kappa shape index (κ1) is 14.9. The van der Waals surface area contributed by atoms with Crippen molar-refractivity contribution in [2.24, 2.45) is 0 Å². The number of hydrogen-bond acceptors (Lipinski definition) is 4. The SMILES string of the molecule is O=[N+]([O-])c1cnc2c(C(F)(F)F)cnc(C(F)(F)F)c2c1. The smallest absolute Gasteiger partial charge is 0.258 e. The summed E-state index contributed by atoms with van der Waals surface area (Å²) < 4.78 is 76.3. The maximum Gasteiger partial charge on any atom is 0.434 e. The highest BCUT2D eigenvalue weighted by Gasteiger charge is 2.40. The van der Waals surface area contributed by atoms with E-state index in [1.807, 2.05) is 0 Å². The van der Waals surface area contributed by atoms with Gasteiger partial charge in [0, 0.05) is 17.6 Å². The van der Waals surface area contributed by atoms with E-state index in [-0.39, 0.29) is 6.20 Å². The molecule has 0 atom stereocenters. The molecule has 0 spiro atoms. The second kappa shape index (κ2) is 4.53. The standard InChI is InChI=1S/C10H3F6N3O2/c11-9(12,13)6-3-18-8(10(14,15)16)5-1-4(19(20)21)2-17-7(5)6/h1-3H. The summed E-state index contributed by atoms with van der Waals surface area (Å²) in [6, 6.07) is 0.368. The Bertz CT molecular complexity index is 725. The average Bonchev–Trinajstić information content (AvgIpc) is 2.34. The van der Waals surface area contributed by atoms with Crippen molar-refractivity contribution in [3.63, 3.8) is 0 Å². The summed E-state index contributed by atoms with van der Waals surface area (Å²) in [6.45, 7) is 0. The summed E-state index contributed by atoms with van der Waals surface area (Å²) in [5.74, 6) is 0. The van der Waals surface area contributed by atoms with Gasteiger partial charge >= 0.3 is 12.4 Å². The van der Waals surface area contributed by atoms with Gasteiger partial charge in [-0.15, -0.1) is 0 Å². The monoisotopic (exact) mass is 311 g/mol. The van der Waals surface area contributed by atoms with Gasteiger partial charge in [0.1, 0.15) is 11.8 Å². The minimum Gasteiger partial charge on any atom is -0.258 e. The molecular formula is C10H3F6N3O2. The van der Waals surface area contributed by atoms with Crippen molar-refractivity contribution in [1.82, 2.24) is 9.97 Å². The lowest BCUT2D eigenvalue weighted by Crippen LogP contribution is -2.14. The Morgan fingerprint density at radius 2 is 1.62 bits per heavy atom. The molecule has 0 N–H and O–H groups in total. The second-order valence-corrected chi connectivity index (χ2v) is 3.86. The van der Waals surface area contributed by atoms with Crippen LogP contribution in [-0.4, -0.2) is 14.9 Å². The topological polar surface area (TPSA) is 68.9 Å². The molecule has 0 aliphatic rings. The molecule has 2 heterocycles. The molecule has 0 bridgehead atoms. The van der Waals surface area contributed by atoms with Gasteiger partial charge in [-0.05, 0) is 0 Å². The molecule has 0 aliphatic heterocycles. The van der Waals surface area contributed by atoms with E-state index in [0.717, 1.165) is 0 Å². The number of aromatic nitrogens is 2. The van der Waals surface area contributed by atoms with E-state index in [1.54, 1.807) is 0 Å². The Balaban J connectivity index is 2.89. The van der Waals surface area contributed by atoms with Crippen molar-refractivity contribution in [3.8, 4) is 0 Å². The van der Waals surface area contributed by atoms with Gasteiger partial charge in [0.05, 0.1) is 10.4 Å². The van der Waals surface area contributed by atoms with Crippen LogP contribution in [0.5, 0.6) is 0 Å². The van der Waals surface area contributed by atoms with Crippen LogP contribution in [-0.2, 0) is 12.4 Å². The summed E-state index contributed by atoms with van der Waals surface area (Å²) in [4.78, 5) is 15.3. The van der Waals surface area contributed by atoms with Gasteiger partial charge in [-0.3, -0.25) is 15.1 Å². The first-order valence-corrected chi connectivity index (χ1v) is 5.09. The van der Waals surface area contributed by atoms with Crippen molar-refractivity contribution in [2.45, 2.75) is 12.4 Å². The molecule has 21 heavy (non-hydrogen) atoms. The summed E-state index contributed by atoms with van der Waals surface area (Å²) >= 11 is 0. The second-order valence-electron chi connectivity index (χ2n) is 3.86. The predicted molar refractivity (Wildman–Crippen MR) is 56.2 cm³/mol. The van der Waals surface area contributed by atoms with Crippen molar-refractivity contribution in [2.75, 3.05) is 0 Å². The highest BCUT2D eigenvalue weighted by Crippen LogP contribution is 2.39. The summed E-state index contributed by atoms with van der Waals surface area (Å²) in [5.41, 5.74) is -5.08. The van der Waals surface area contributed by atoms with E-state index < -0.39 is 45.1 Å². The fraction of sp³-hybridized carbons (Fsp3) is 0.200. The van der Waals surface area contributed by atoms with Crippen LogP contribution in [0.2, 0.25) is 0 Å². The van der Waals surface area contributed by atoms with Crippen LogP contribution < -0.4 is 0 Å². The highest BCUT2D eigenvalue weighted by atomic mass is 19.4. The van der Waals surface area contributed by atoms with E-state index in [0.29, 0.717) is 12.3 Å². The Labute approximate surface area is 111 Å². The zero-order valence-electron chi connectivity index (χ0n) is 9.66. The van der Waals surface area contributed by atoms with Gasteiger partial charge in [0.15, 0.2) is 5.69 Å². The van der Waals surface area contributed by atoms with Gasteiger partial charge in [-0.1, -0.05) is 0 Å². The lowest BCUT2D eigenvalue weighted by molar-refractivity contribution is -0.385. The highest BCUT2D eigenvalue weighted by molar-refractivity contribution is 5.86. The zero-order chi connectivity index (χ0) is 16.0. The van der Waals surface area contributed by atoms with Crippen LogP contribution in [0.3, 0.4) is 0 Å². The minimum absolute atomic E-state index is 0.00396. The third-order valence-corrected chi connectivity index (χ3v) is 2.49. The normalized spacial score (nSPS) is 12.7. The molecule has 2 aromatic rings. The molecule has 5 nitrogen and oxygen atoms in total. The Kier molecular flexibility index (Phi) is 3.22. The van der Waals surface area contributed by atoms with Crippen LogP contribution in [0, 0.1) is 10.1 Å². The van der Waals surface area contributed by atoms with Crippen molar-refractivity contribution >= 4 is 16.6 Å². The molecule has 0 aliphatic carbocycles. The quantitative estimate of drug-likeness (QED) is 0.458. The fourth-order valence-corrected chi connectivity index (χ4v) is 1.64. The molecule has 0 unspecified atom stereocenters. The van der Waals surface area contributed by atoms with E-state index >= 15 is 0 Å². The largest absolute Gasteiger partial charge is 0.434 e. The minimum atomic E-state index is -5.07. The van der Waals surface area contributed by atoms with E-state index in [1.165, 1.54) is 0 Å². The lowest BCUT2D eigenvalue weighted by atomic mass is 10.1. The van der Waals surface area contributed by atoms with Gasteiger partial charge in [0.2, 0.25) is 0 Å². The van der Waals surface area contributed by atoms with Crippen LogP contribution >= 0.6 is 0 Å². The zero-order valence-corrected chi connectivity index (χ0v) is 9.66. The van der Waals surface area contributed by atoms with Crippen molar-refractivity contribution in [3.05, 3.63) is 39.8 Å². The molecule has 0 fully saturated rings. The third kappa shape index (κ3) is 2.71. The first-order chi connectivity index (χ1) is 9.51. The summed E-state index contributed by atoms with van der Waals surface area (Å²) in [6.07, 6.45) is -9.60. The number of fused-ring (bicyclic) bond motifs is 1. The van der Waals surface area contributed by atoms with Crippen LogP contribution in [0.25, 0.3) is 10.9 Å². The van der Waals surface area contributed by atoms with E-state index in [4.69, 9.17) is 0 Å². The number of alkyl halides is 6. The Hall–Kier alpha value is -2.46. The van der Waals surface area contributed by atoms with Gasteiger partial charge < -0.3 is 0 Å². The molecule has 0 radical (unpaired) electrons. The molecule has 0 saturated carbocycles. The van der Waals surface area contributed by atoms with Gasteiger partial charge in [-0.25, -0.2) is 4.98 Å². The maximum absolute atomic E-state index is 12.7. The number of pyridine rings is 2. The molecule has 0 aromatic carbocycles. The summed E-state index contributed by atoms with van der Waals surface area (Å²) in [5, 5.41) is 9.45. The van der Waals surface area contributed by atoms with Crippen LogP contribution in [0.1, 0.15) is 11.3 Å². The predicted octanol–water partition coefficient (Wildman–Crippen LogP) is 3.58. The molecule has 2 rings (SSSR count). The average molecular weight is 311 g/mol. The fourth-order valence-electron chi connectivity index (χ4n) is 1.64. The Morgan fingerprint density at radius 3 is 2.10 bits per heavy atom. The third-order valence-electron chi connectivity index (χ3n) is 2.49. The molecular weight excluding hydrogens is 308 g/mol. The molecule has 0 amide bonds. The van der Waals surface area contributed by atoms with Crippen LogP contribution in [0.4, 0.5) is 32.0 Å². The summed E-state index contributed by atoms with van der Waals surface area (Å²) in [7, 11) is 0.